The van der Waals surface area contributed by atoms with Crippen LogP contribution in [-0.4, -0.2) is 26.0 Å². The van der Waals surface area contributed by atoms with Gasteiger partial charge >= 0.3 is 0 Å². The molecular weight excluding hydrogens is 357 g/mol. The molecule has 2 aromatic carbocycles. The molecule has 0 aliphatic carbocycles. The summed E-state index contributed by atoms with van der Waals surface area (Å²) in [4.78, 5) is 10.5. The molecule has 0 aliphatic rings. The van der Waals surface area contributed by atoms with Crippen molar-refractivity contribution in [1.82, 2.24) is 14.9 Å². The first-order chi connectivity index (χ1) is 12.6. The highest BCUT2D eigenvalue weighted by molar-refractivity contribution is 7.71. The maximum atomic E-state index is 13.1. The lowest BCUT2D eigenvalue weighted by Gasteiger charge is -2.00. The molecule has 0 saturated heterocycles. The summed E-state index contributed by atoms with van der Waals surface area (Å²) in [5, 5.41) is 21.9. The summed E-state index contributed by atoms with van der Waals surface area (Å²) in [6.45, 7) is 0. The Hall–Kier alpha value is -3.46. The molecule has 0 spiro atoms. The molecule has 0 radical (unpaired) electrons. The van der Waals surface area contributed by atoms with Crippen molar-refractivity contribution in [3.05, 3.63) is 80.9 Å². The van der Waals surface area contributed by atoms with E-state index < -0.39 is 4.92 Å². The SMILES string of the molecule is O=[N+]([O-])c1ccccc1C=CC=Nn1c(-c2ccc(F)cc2)n[nH]c1=S. The normalized spacial score (nSPS) is 11.4. The highest BCUT2D eigenvalue weighted by Crippen LogP contribution is 2.19. The third-order valence-corrected chi connectivity index (χ3v) is 3.69. The fraction of sp³-hybridized carbons (Fsp3) is 0. The van der Waals surface area contributed by atoms with Crippen molar-refractivity contribution in [3.8, 4) is 11.4 Å². The van der Waals surface area contributed by atoms with Crippen molar-refractivity contribution >= 4 is 30.2 Å². The van der Waals surface area contributed by atoms with Crippen LogP contribution in [0.4, 0.5) is 10.1 Å². The van der Waals surface area contributed by atoms with Crippen LogP contribution in [0.5, 0.6) is 0 Å². The number of rotatable bonds is 5. The number of H-pyrrole nitrogens is 1. The van der Waals surface area contributed by atoms with Crippen molar-refractivity contribution in [3.63, 3.8) is 0 Å². The predicted molar refractivity (Wildman–Crippen MR) is 98.8 cm³/mol. The number of aromatic amines is 1. The molecule has 3 rings (SSSR count). The van der Waals surface area contributed by atoms with Gasteiger partial charge in [-0.2, -0.15) is 14.9 Å². The second-order valence-electron chi connectivity index (χ2n) is 5.11. The molecular formula is C17H12FN5O2S. The summed E-state index contributed by atoms with van der Waals surface area (Å²) < 4.78 is 14.7. The topological polar surface area (TPSA) is 89.1 Å². The molecule has 26 heavy (non-hydrogen) atoms. The fourth-order valence-corrected chi connectivity index (χ4v) is 2.41. The minimum Gasteiger partial charge on any atom is -0.258 e. The number of hydrogen-bond donors (Lipinski definition) is 1. The zero-order chi connectivity index (χ0) is 18.5. The fourth-order valence-electron chi connectivity index (χ4n) is 2.23. The Morgan fingerprint density at radius 2 is 1.96 bits per heavy atom. The van der Waals surface area contributed by atoms with E-state index in [-0.39, 0.29) is 16.3 Å². The van der Waals surface area contributed by atoms with Gasteiger partial charge in [-0.15, -0.1) is 0 Å². The van der Waals surface area contributed by atoms with E-state index in [0.717, 1.165) is 0 Å². The summed E-state index contributed by atoms with van der Waals surface area (Å²) in [7, 11) is 0. The van der Waals surface area contributed by atoms with Crippen molar-refractivity contribution in [1.29, 1.82) is 0 Å². The maximum Gasteiger partial charge on any atom is 0.276 e. The molecule has 0 unspecified atom stereocenters. The van der Waals surface area contributed by atoms with Gasteiger partial charge in [0.05, 0.1) is 10.5 Å². The molecule has 1 N–H and O–H groups in total. The van der Waals surface area contributed by atoms with Crippen LogP contribution in [0.25, 0.3) is 17.5 Å². The number of para-hydroxylation sites is 1. The number of aromatic nitrogens is 3. The lowest BCUT2D eigenvalue weighted by Crippen LogP contribution is -1.94. The first-order valence-electron chi connectivity index (χ1n) is 7.44. The zero-order valence-corrected chi connectivity index (χ0v) is 14.1. The van der Waals surface area contributed by atoms with Crippen LogP contribution in [0.2, 0.25) is 0 Å². The molecule has 1 heterocycles. The highest BCUT2D eigenvalue weighted by Gasteiger charge is 2.09. The Bertz CT molecular complexity index is 1050. The minimum absolute atomic E-state index is 0.00377. The number of hydrogen-bond acceptors (Lipinski definition) is 5. The van der Waals surface area contributed by atoms with Crippen molar-refractivity contribution in [2.75, 3.05) is 0 Å². The zero-order valence-electron chi connectivity index (χ0n) is 13.2. The summed E-state index contributed by atoms with van der Waals surface area (Å²) in [5.41, 5.74) is 1.10. The number of halogens is 1. The van der Waals surface area contributed by atoms with Gasteiger partial charge in [0.25, 0.3) is 5.69 Å². The minimum atomic E-state index is -0.449. The molecule has 0 fully saturated rings. The summed E-state index contributed by atoms with van der Waals surface area (Å²) in [6, 6.07) is 12.1. The summed E-state index contributed by atoms with van der Waals surface area (Å²) >= 11 is 5.14. The maximum absolute atomic E-state index is 13.1. The molecule has 9 heteroatoms. The van der Waals surface area contributed by atoms with Gasteiger partial charge in [-0.25, -0.2) is 9.49 Å². The number of nitrogens with zero attached hydrogens (tertiary/aromatic N) is 4. The van der Waals surface area contributed by atoms with Gasteiger partial charge in [-0.1, -0.05) is 12.1 Å². The van der Waals surface area contributed by atoms with Crippen LogP contribution in [0.3, 0.4) is 0 Å². The van der Waals surface area contributed by atoms with Crippen LogP contribution >= 0.6 is 12.2 Å². The van der Waals surface area contributed by atoms with Crippen molar-refractivity contribution < 1.29 is 9.31 Å². The highest BCUT2D eigenvalue weighted by atomic mass is 32.1. The summed E-state index contributed by atoms with van der Waals surface area (Å²) in [5.74, 6) is 0.0654. The number of allylic oxidation sites excluding steroid dienone is 1. The first-order valence-corrected chi connectivity index (χ1v) is 7.85. The van der Waals surface area contributed by atoms with Crippen LogP contribution in [0.1, 0.15) is 5.56 Å². The largest absolute Gasteiger partial charge is 0.276 e. The quantitative estimate of drug-likeness (QED) is 0.316. The molecule has 0 amide bonds. The Balaban J connectivity index is 1.86. The molecule has 0 saturated carbocycles. The van der Waals surface area contributed by atoms with E-state index in [1.165, 1.54) is 29.1 Å². The standard InChI is InChI=1S/C17H12FN5O2S/c18-14-9-7-13(8-10-14)16-20-21-17(26)22(16)19-11-3-5-12-4-1-2-6-15(12)23(24)25/h1-11H,(H,21,26). The first kappa shape index (κ1) is 17.4. The van der Waals surface area contributed by atoms with Crippen LogP contribution in [0, 0.1) is 20.7 Å². The van der Waals surface area contributed by atoms with E-state index in [9.17, 15) is 14.5 Å². The van der Waals surface area contributed by atoms with Crippen molar-refractivity contribution in [2.45, 2.75) is 0 Å². The van der Waals surface area contributed by atoms with Crippen LogP contribution in [0.15, 0.2) is 59.7 Å². The Kier molecular flexibility index (Phi) is 5.09. The second kappa shape index (κ2) is 7.62. The van der Waals surface area contributed by atoms with Gasteiger partial charge in [-0.3, -0.25) is 10.1 Å². The summed E-state index contributed by atoms with van der Waals surface area (Å²) in [6.07, 6.45) is 4.57. The van der Waals surface area contributed by atoms with Gasteiger partial charge in [0.1, 0.15) is 5.82 Å². The van der Waals surface area contributed by atoms with Gasteiger partial charge < -0.3 is 0 Å². The van der Waals surface area contributed by atoms with E-state index in [2.05, 4.69) is 15.3 Å². The van der Waals surface area contributed by atoms with Gasteiger partial charge in [0.2, 0.25) is 4.77 Å². The third kappa shape index (κ3) is 3.78. The Labute approximate surface area is 152 Å². The number of nitrogens with one attached hydrogen (secondary N) is 1. The van der Waals surface area contributed by atoms with E-state index in [4.69, 9.17) is 12.2 Å². The average molecular weight is 369 g/mol. The van der Waals surface area contributed by atoms with Crippen LogP contribution in [-0.2, 0) is 0 Å². The van der Waals surface area contributed by atoms with E-state index in [0.29, 0.717) is 17.0 Å². The lowest BCUT2D eigenvalue weighted by molar-refractivity contribution is -0.385. The predicted octanol–water partition coefficient (Wildman–Crippen LogP) is 4.20. The molecule has 0 atom stereocenters. The lowest BCUT2D eigenvalue weighted by atomic mass is 10.2. The Morgan fingerprint density at radius 1 is 1.23 bits per heavy atom. The van der Waals surface area contributed by atoms with E-state index in [1.54, 1.807) is 42.5 Å². The molecule has 1 aromatic heterocycles. The monoisotopic (exact) mass is 369 g/mol. The van der Waals surface area contributed by atoms with Gasteiger partial charge in [-0.05, 0) is 54.7 Å². The van der Waals surface area contributed by atoms with Gasteiger partial charge in [0, 0.05) is 17.8 Å². The molecule has 3 aromatic rings. The number of nitro groups is 1. The molecule has 7 nitrogen and oxygen atoms in total. The van der Waals surface area contributed by atoms with Gasteiger partial charge in [0.15, 0.2) is 5.82 Å². The smallest absolute Gasteiger partial charge is 0.258 e. The second-order valence-corrected chi connectivity index (χ2v) is 5.50. The average Bonchev–Trinajstić information content (AvgIpc) is 3.00. The molecule has 0 aliphatic heterocycles. The van der Waals surface area contributed by atoms with Crippen LogP contribution < -0.4 is 0 Å². The van der Waals surface area contributed by atoms with E-state index in [1.807, 2.05) is 0 Å². The number of nitro benzene ring substituents is 1. The molecule has 0 bridgehead atoms. The van der Waals surface area contributed by atoms with Crippen molar-refractivity contribution in [2.24, 2.45) is 5.10 Å². The van der Waals surface area contributed by atoms with E-state index >= 15 is 0 Å². The molecule has 130 valence electrons. The number of benzene rings is 2. The Morgan fingerprint density at radius 3 is 2.69 bits per heavy atom. The third-order valence-electron chi connectivity index (χ3n) is 3.43.